The second-order valence-corrected chi connectivity index (χ2v) is 4.93. The summed E-state index contributed by atoms with van der Waals surface area (Å²) in [5.41, 5.74) is 1.07. The summed E-state index contributed by atoms with van der Waals surface area (Å²) in [5.74, 6) is 0.203. The van der Waals surface area contributed by atoms with Crippen molar-refractivity contribution in [1.82, 2.24) is 10.2 Å². The van der Waals surface area contributed by atoms with Gasteiger partial charge in [0.1, 0.15) is 5.75 Å². The van der Waals surface area contributed by atoms with Gasteiger partial charge in [-0.25, -0.2) is 0 Å². The van der Waals surface area contributed by atoms with Crippen molar-refractivity contribution in [3.05, 3.63) is 29.8 Å². The third-order valence-electron chi connectivity index (χ3n) is 3.53. The van der Waals surface area contributed by atoms with E-state index in [-0.39, 0.29) is 5.75 Å². The number of alkyl halides is 2. The number of likely N-dealkylation sites (tertiary alicyclic amines) is 1. The van der Waals surface area contributed by atoms with Crippen molar-refractivity contribution in [2.45, 2.75) is 32.0 Å². The molecule has 3 nitrogen and oxygen atoms in total. The highest BCUT2D eigenvalue weighted by atomic mass is 19.3. The van der Waals surface area contributed by atoms with Gasteiger partial charge in [0.05, 0.1) is 0 Å². The predicted octanol–water partition coefficient (Wildman–Crippen LogP) is 2.47. The van der Waals surface area contributed by atoms with Crippen molar-refractivity contribution in [1.29, 1.82) is 0 Å². The van der Waals surface area contributed by atoms with Crippen LogP contribution in [-0.2, 0) is 6.54 Å². The number of benzene rings is 1. The molecule has 0 bridgehead atoms. The van der Waals surface area contributed by atoms with Crippen molar-refractivity contribution >= 4 is 0 Å². The average molecular weight is 270 g/mol. The Bertz CT molecular complexity index is 384. The zero-order valence-electron chi connectivity index (χ0n) is 11.1. The number of hydrogen-bond donors (Lipinski definition) is 1. The van der Waals surface area contributed by atoms with Crippen LogP contribution in [0, 0.1) is 0 Å². The van der Waals surface area contributed by atoms with Gasteiger partial charge < -0.3 is 15.0 Å². The Labute approximate surface area is 112 Å². The van der Waals surface area contributed by atoms with E-state index in [1.54, 1.807) is 12.1 Å². The molecule has 0 spiro atoms. The quantitative estimate of drug-likeness (QED) is 0.859. The van der Waals surface area contributed by atoms with Gasteiger partial charge in [-0.05, 0) is 44.1 Å². The second kappa shape index (κ2) is 6.82. The smallest absolute Gasteiger partial charge is 0.387 e. The molecule has 1 aromatic rings. The van der Waals surface area contributed by atoms with Crippen LogP contribution in [0.2, 0.25) is 0 Å². The maximum Gasteiger partial charge on any atom is 0.387 e. The van der Waals surface area contributed by atoms with Crippen LogP contribution in [0.1, 0.15) is 18.4 Å². The molecule has 0 radical (unpaired) electrons. The fourth-order valence-corrected chi connectivity index (χ4v) is 2.41. The molecule has 1 unspecified atom stereocenters. The maximum absolute atomic E-state index is 12.0. The first-order valence-electron chi connectivity index (χ1n) is 6.60. The Hall–Kier alpha value is -1.20. The van der Waals surface area contributed by atoms with Crippen LogP contribution in [0.4, 0.5) is 8.78 Å². The summed E-state index contributed by atoms with van der Waals surface area (Å²) in [7, 11) is 2.15. The molecule has 1 saturated heterocycles. The number of rotatable bonds is 6. The number of nitrogens with one attached hydrogen (secondary N) is 1. The molecule has 0 aromatic heterocycles. The lowest BCUT2D eigenvalue weighted by atomic mass is 10.2. The van der Waals surface area contributed by atoms with Crippen molar-refractivity contribution in [2.75, 3.05) is 20.1 Å². The minimum absolute atomic E-state index is 0.203. The van der Waals surface area contributed by atoms with Gasteiger partial charge in [0, 0.05) is 19.1 Å². The minimum atomic E-state index is -2.76. The Kier molecular flexibility index (Phi) is 5.10. The monoisotopic (exact) mass is 270 g/mol. The first kappa shape index (κ1) is 14.2. The Morgan fingerprint density at radius 3 is 2.68 bits per heavy atom. The first-order valence-corrected chi connectivity index (χ1v) is 6.60. The van der Waals surface area contributed by atoms with E-state index in [2.05, 4.69) is 22.0 Å². The van der Waals surface area contributed by atoms with Crippen molar-refractivity contribution in [3.63, 3.8) is 0 Å². The SMILES string of the molecule is CN1CCCC1CNCc1ccc(OC(F)F)cc1. The molecule has 106 valence electrons. The van der Waals surface area contributed by atoms with Gasteiger partial charge in [0.25, 0.3) is 0 Å². The van der Waals surface area contributed by atoms with Crippen molar-refractivity contribution in [2.24, 2.45) is 0 Å². The summed E-state index contributed by atoms with van der Waals surface area (Å²) < 4.78 is 28.3. The third-order valence-corrected chi connectivity index (χ3v) is 3.53. The largest absolute Gasteiger partial charge is 0.435 e. The topological polar surface area (TPSA) is 24.5 Å². The van der Waals surface area contributed by atoms with E-state index in [4.69, 9.17) is 0 Å². The summed E-state index contributed by atoms with van der Waals surface area (Å²) in [4.78, 5) is 2.37. The number of halogens is 2. The molecule has 1 atom stereocenters. The Balaban J connectivity index is 1.73. The highest BCUT2D eigenvalue weighted by Gasteiger charge is 2.19. The fraction of sp³-hybridized carbons (Fsp3) is 0.571. The summed E-state index contributed by atoms with van der Waals surface area (Å²) in [6.45, 7) is 0.124. The van der Waals surface area contributed by atoms with Gasteiger partial charge >= 0.3 is 6.61 Å². The molecule has 5 heteroatoms. The molecule has 19 heavy (non-hydrogen) atoms. The molecule has 2 rings (SSSR count). The van der Waals surface area contributed by atoms with Crippen LogP contribution in [0.25, 0.3) is 0 Å². The second-order valence-electron chi connectivity index (χ2n) is 4.93. The molecule has 0 aliphatic carbocycles. The summed E-state index contributed by atoms with van der Waals surface area (Å²) in [6, 6.07) is 7.38. The van der Waals surface area contributed by atoms with Gasteiger partial charge in [-0.1, -0.05) is 12.1 Å². The molecule has 1 aliphatic rings. The van der Waals surface area contributed by atoms with Gasteiger partial charge in [-0.3, -0.25) is 0 Å². The number of likely N-dealkylation sites (N-methyl/N-ethyl adjacent to an activating group) is 1. The molecular weight excluding hydrogens is 250 g/mol. The highest BCUT2D eigenvalue weighted by molar-refractivity contribution is 5.27. The zero-order chi connectivity index (χ0) is 13.7. The van der Waals surface area contributed by atoms with Crippen LogP contribution in [0.5, 0.6) is 5.75 Å². The zero-order valence-corrected chi connectivity index (χ0v) is 11.1. The number of ether oxygens (including phenoxy) is 1. The van der Waals surface area contributed by atoms with Crippen molar-refractivity contribution in [3.8, 4) is 5.75 Å². The predicted molar refractivity (Wildman–Crippen MR) is 70.4 cm³/mol. The van der Waals surface area contributed by atoms with Crippen LogP contribution >= 0.6 is 0 Å². The summed E-state index contributed by atoms with van der Waals surface area (Å²) in [5, 5.41) is 3.40. The highest BCUT2D eigenvalue weighted by Crippen LogP contribution is 2.16. The molecule has 1 heterocycles. The van der Waals surface area contributed by atoms with Crippen LogP contribution in [0.15, 0.2) is 24.3 Å². The van der Waals surface area contributed by atoms with E-state index in [0.717, 1.165) is 18.7 Å². The minimum Gasteiger partial charge on any atom is -0.435 e. The molecule has 1 aromatic carbocycles. The van der Waals surface area contributed by atoms with E-state index in [1.165, 1.54) is 19.4 Å². The van der Waals surface area contributed by atoms with Crippen LogP contribution in [0.3, 0.4) is 0 Å². The lowest BCUT2D eigenvalue weighted by Gasteiger charge is -2.19. The molecule has 1 aliphatic heterocycles. The number of nitrogens with zero attached hydrogens (tertiary/aromatic N) is 1. The average Bonchev–Trinajstić information content (AvgIpc) is 2.77. The maximum atomic E-state index is 12.0. The molecule has 0 amide bonds. The number of hydrogen-bond acceptors (Lipinski definition) is 3. The van der Waals surface area contributed by atoms with Gasteiger partial charge in [-0.2, -0.15) is 8.78 Å². The van der Waals surface area contributed by atoms with Crippen LogP contribution < -0.4 is 10.1 Å². The molecular formula is C14H20F2N2O. The normalized spacial score (nSPS) is 20.1. The lowest BCUT2D eigenvalue weighted by molar-refractivity contribution is -0.0498. The standard InChI is InChI=1S/C14H20F2N2O/c1-18-8-2-3-12(18)10-17-9-11-4-6-13(7-5-11)19-14(15)16/h4-7,12,14,17H,2-3,8-10H2,1H3. The fourth-order valence-electron chi connectivity index (χ4n) is 2.41. The van der Waals surface area contributed by atoms with E-state index in [0.29, 0.717) is 6.04 Å². The van der Waals surface area contributed by atoms with E-state index in [1.807, 2.05) is 12.1 Å². The van der Waals surface area contributed by atoms with Gasteiger partial charge in [-0.15, -0.1) is 0 Å². The van der Waals surface area contributed by atoms with Crippen LogP contribution in [-0.4, -0.2) is 37.7 Å². The first-order chi connectivity index (χ1) is 9.15. The summed E-state index contributed by atoms with van der Waals surface area (Å²) >= 11 is 0. The third kappa shape index (κ3) is 4.44. The van der Waals surface area contributed by atoms with E-state index >= 15 is 0 Å². The van der Waals surface area contributed by atoms with E-state index < -0.39 is 6.61 Å². The Morgan fingerprint density at radius 2 is 2.11 bits per heavy atom. The van der Waals surface area contributed by atoms with Crippen molar-refractivity contribution < 1.29 is 13.5 Å². The van der Waals surface area contributed by atoms with Gasteiger partial charge in [0.15, 0.2) is 0 Å². The Morgan fingerprint density at radius 1 is 1.37 bits per heavy atom. The molecule has 1 fully saturated rings. The molecule has 0 saturated carbocycles. The van der Waals surface area contributed by atoms with E-state index in [9.17, 15) is 8.78 Å². The molecule has 1 N–H and O–H groups in total. The lowest BCUT2D eigenvalue weighted by Crippen LogP contribution is -2.35. The summed E-state index contributed by atoms with van der Waals surface area (Å²) in [6.07, 6.45) is 2.51. The van der Waals surface area contributed by atoms with Gasteiger partial charge in [0.2, 0.25) is 0 Å².